The molecule has 0 radical (unpaired) electrons. The number of nitrogens with zero attached hydrogens (tertiary/aromatic N) is 4. The highest BCUT2D eigenvalue weighted by Gasteiger charge is 2.14. The van der Waals surface area contributed by atoms with Crippen molar-refractivity contribution in [1.82, 2.24) is 19.9 Å². The Bertz CT molecular complexity index is 956. The zero-order valence-corrected chi connectivity index (χ0v) is 14.6. The van der Waals surface area contributed by atoms with Crippen LogP contribution >= 0.6 is 0 Å². The minimum absolute atomic E-state index is 0.307. The number of carbonyl (C=O) groups is 1. The average molecular weight is 337 g/mol. The summed E-state index contributed by atoms with van der Waals surface area (Å²) in [6.45, 7) is 7.74. The van der Waals surface area contributed by atoms with Crippen LogP contribution in [0.2, 0.25) is 0 Å². The Morgan fingerprint density at radius 3 is 2.56 bits per heavy atom. The summed E-state index contributed by atoms with van der Waals surface area (Å²) >= 11 is 0. The van der Waals surface area contributed by atoms with Gasteiger partial charge < -0.3 is 4.74 Å². The Morgan fingerprint density at radius 1 is 1.08 bits per heavy atom. The molecule has 0 saturated carbocycles. The normalized spacial score (nSPS) is 10.7. The van der Waals surface area contributed by atoms with Crippen molar-refractivity contribution in [3.8, 4) is 0 Å². The average Bonchev–Trinajstić information content (AvgIpc) is 2.56. The van der Waals surface area contributed by atoms with Crippen molar-refractivity contribution in [1.29, 1.82) is 0 Å². The van der Waals surface area contributed by atoms with Gasteiger partial charge in [0.2, 0.25) is 11.9 Å². The first-order valence-corrected chi connectivity index (χ1v) is 8.01. The van der Waals surface area contributed by atoms with Crippen LogP contribution in [0.3, 0.4) is 0 Å². The number of benzene rings is 1. The van der Waals surface area contributed by atoms with E-state index in [4.69, 9.17) is 4.74 Å². The van der Waals surface area contributed by atoms with E-state index in [1.807, 2.05) is 32.0 Å². The number of carbonyl (C=O) groups excluding carboxylic acids is 1. The van der Waals surface area contributed by atoms with Crippen molar-refractivity contribution in [3.05, 3.63) is 46.9 Å². The van der Waals surface area contributed by atoms with E-state index >= 15 is 0 Å². The number of rotatable bonds is 4. The SMILES string of the molecule is CCOC(=O)c1cnc(Nc2nc(C)c3cccc(C)c3n2)nc1C. The number of aromatic nitrogens is 4. The van der Waals surface area contributed by atoms with E-state index in [-0.39, 0.29) is 0 Å². The predicted octanol–water partition coefficient (Wildman–Crippen LogP) is 3.27. The molecule has 7 heteroatoms. The molecule has 0 amide bonds. The zero-order chi connectivity index (χ0) is 18.0. The summed E-state index contributed by atoms with van der Waals surface area (Å²) in [6, 6.07) is 5.99. The number of nitrogens with one attached hydrogen (secondary N) is 1. The van der Waals surface area contributed by atoms with Crippen LogP contribution < -0.4 is 5.32 Å². The predicted molar refractivity (Wildman–Crippen MR) is 95.0 cm³/mol. The van der Waals surface area contributed by atoms with E-state index < -0.39 is 5.97 Å². The number of fused-ring (bicyclic) bond motifs is 1. The second-order valence-electron chi connectivity index (χ2n) is 5.64. The van der Waals surface area contributed by atoms with Gasteiger partial charge >= 0.3 is 5.97 Å². The molecule has 0 aliphatic rings. The van der Waals surface area contributed by atoms with Crippen LogP contribution in [0.4, 0.5) is 11.9 Å². The number of para-hydroxylation sites is 1. The van der Waals surface area contributed by atoms with Crippen molar-refractivity contribution >= 4 is 28.8 Å². The second kappa shape index (κ2) is 6.80. The fourth-order valence-corrected chi connectivity index (χ4v) is 2.54. The Hall–Kier alpha value is -3.09. The number of hydrogen-bond donors (Lipinski definition) is 1. The van der Waals surface area contributed by atoms with Gasteiger partial charge in [-0.2, -0.15) is 0 Å². The van der Waals surface area contributed by atoms with Gasteiger partial charge in [0.05, 0.1) is 29.1 Å². The molecule has 3 aromatic rings. The highest BCUT2D eigenvalue weighted by atomic mass is 16.5. The maximum absolute atomic E-state index is 11.8. The third kappa shape index (κ3) is 3.40. The summed E-state index contributed by atoms with van der Waals surface area (Å²) in [7, 11) is 0. The first-order valence-electron chi connectivity index (χ1n) is 8.01. The number of anilines is 2. The standard InChI is InChI=1S/C18H19N5O2/c1-5-25-16(24)14-9-19-17(20-12(14)4)23-18-21-11(3)13-8-6-7-10(2)15(13)22-18/h6-9H,5H2,1-4H3,(H,19,20,21,22,23). The van der Waals surface area contributed by atoms with Crippen LogP contribution in [0.15, 0.2) is 24.4 Å². The zero-order valence-electron chi connectivity index (χ0n) is 14.6. The second-order valence-corrected chi connectivity index (χ2v) is 5.64. The molecular formula is C18H19N5O2. The van der Waals surface area contributed by atoms with Crippen molar-refractivity contribution in [2.45, 2.75) is 27.7 Å². The van der Waals surface area contributed by atoms with Crippen molar-refractivity contribution < 1.29 is 9.53 Å². The summed E-state index contributed by atoms with van der Waals surface area (Å²) in [5.41, 5.74) is 3.71. The topological polar surface area (TPSA) is 89.9 Å². The van der Waals surface area contributed by atoms with E-state index in [9.17, 15) is 4.79 Å². The van der Waals surface area contributed by atoms with Crippen LogP contribution in [0.5, 0.6) is 0 Å². The monoisotopic (exact) mass is 337 g/mol. The van der Waals surface area contributed by atoms with Gasteiger partial charge in [-0.25, -0.2) is 24.7 Å². The molecular weight excluding hydrogens is 318 g/mol. The van der Waals surface area contributed by atoms with Crippen LogP contribution in [0, 0.1) is 20.8 Å². The van der Waals surface area contributed by atoms with Crippen molar-refractivity contribution in [2.24, 2.45) is 0 Å². The molecule has 25 heavy (non-hydrogen) atoms. The van der Waals surface area contributed by atoms with Crippen LogP contribution in [-0.4, -0.2) is 32.5 Å². The molecule has 0 fully saturated rings. The van der Waals surface area contributed by atoms with Crippen LogP contribution in [-0.2, 0) is 4.74 Å². The Balaban J connectivity index is 1.92. The number of esters is 1. The maximum Gasteiger partial charge on any atom is 0.341 e. The minimum Gasteiger partial charge on any atom is -0.462 e. The highest BCUT2D eigenvalue weighted by Crippen LogP contribution is 2.21. The summed E-state index contributed by atoms with van der Waals surface area (Å²) < 4.78 is 4.98. The van der Waals surface area contributed by atoms with Gasteiger partial charge in [0.15, 0.2) is 0 Å². The van der Waals surface area contributed by atoms with Gasteiger partial charge in [-0.05, 0) is 33.3 Å². The fraction of sp³-hybridized carbons (Fsp3) is 0.278. The van der Waals surface area contributed by atoms with E-state index in [2.05, 4.69) is 25.3 Å². The largest absolute Gasteiger partial charge is 0.462 e. The van der Waals surface area contributed by atoms with Gasteiger partial charge in [-0.1, -0.05) is 18.2 Å². The molecule has 0 aliphatic heterocycles. The lowest BCUT2D eigenvalue weighted by atomic mass is 10.1. The molecule has 0 unspecified atom stereocenters. The first-order chi connectivity index (χ1) is 12.0. The number of aryl methyl sites for hydroxylation is 3. The van der Waals surface area contributed by atoms with Gasteiger partial charge in [0.25, 0.3) is 0 Å². The quantitative estimate of drug-likeness (QED) is 0.731. The van der Waals surface area contributed by atoms with Gasteiger partial charge in [0, 0.05) is 11.6 Å². The minimum atomic E-state index is -0.431. The lowest BCUT2D eigenvalue weighted by molar-refractivity contribution is 0.0524. The van der Waals surface area contributed by atoms with Crippen LogP contribution in [0.25, 0.3) is 10.9 Å². The molecule has 0 saturated heterocycles. The summed E-state index contributed by atoms with van der Waals surface area (Å²) in [4.78, 5) is 29.3. The maximum atomic E-state index is 11.8. The van der Waals surface area contributed by atoms with Gasteiger partial charge in [0.1, 0.15) is 0 Å². The molecule has 2 aromatic heterocycles. The molecule has 1 aromatic carbocycles. The van der Waals surface area contributed by atoms with Crippen LogP contribution in [0.1, 0.15) is 34.2 Å². The van der Waals surface area contributed by atoms with Gasteiger partial charge in [-0.3, -0.25) is 5.32 Å². The van der Waals surface area contributed by atoms with E-state index in [0.29, 0.717) is 29.8 Å². The van der Waals surface area contributed by atoms with Gasteiger partial charge in [-0.15, -0.1) is 0 Å². The lowest BCUT2D eigenvalue weighted by Crippen LogP contribution is -2.11. The third-order valence-electron chi connectivity index (χ3n) is 3.82. The van der Waals surface area contributed by atoms with E-state index in [0.717, 1.165) is 22.2 Å². The highest BCUT2D eigenvalue weighted by molar-refractivity contribution is 5.90. The Morgan fingerprint density at radius 2 is 1.84 bits per heavy atom. The molecule has 0 bridgehead atoms. The number of ether oxygens (including phenoxy) is 1. The Labute approximate surface area is 145 Å². The van der Waals surface area contributed by atoms with E-state index in [1.165, 1.54) is 6.20 Å². The van der Waals surface area contributed by atoms with Crippen molar-refractivity contribution in [2.75, 3.05) is 11.9 Å². The summed E-state index contributed by atoms with van der Waals surface area (Å²) in [6.07, 6.45) is 1.45. The smallest absolute Gasteiger partial charge is 0.341 e. The summed E-state index contributed by atoms with van der Waals surface area (Å²) in [5.74, 6) is 0.320. The molecule has 7 nitrogen and oxygen atoms in total. The van der Waals surface area contributed by atoms with E-state index in [1.54, 1.807) is 13.8 Å². The molecule has 3 rings (SSSR count). The molecule has 128 valence electrons. The first kappa shape index (κ1) is 16.8. The summed E-state index contributed by atoms with van der Waals surface area (Å²) in [5, 5.41) is 4.02. The molecule has 1 N–H and O–H groups in total. The lowest BCUT2D eigenvalue weighted by Gasteiger charge is -2.10. The Kier molecular flexibility index (Phi) is 4.56. The molecule has 0 atom stereocenters. The molecule has 0 spiro atoms. The molecule has 0 aliphatic carbocycles. The number of hydrogen-bond acceptors (Lipinski definition) is 7. The van der Waals surface area contributed by atoms with Crippen molar-refractivity contribution in [3.63, 3.8) is 0 Å². The third-order valence-corrected chi connectivity index (χ3v) is 3.82. The molecule has 2 heterocycles. The fourth-order valence-electron chi connectivity index (χ4n) is 2.54.